The van der Waals surface area contributed by atoms with Crippen molar-refractivity contribution in [2.24, 2.45) is 0 Å². The largest absolute Gasteiger partial charge is 0.336 e. The van der Waals surface area contributed by atoms with Gasteiger partial charge in [0.05, 0.1) is 5.56 Å². The molecule has 0 atom stereocenters. The summed E-state index contributed by atoms with van der Waals surface area (Å²) in [5.41, 5.74) is 0.803. The molecule has 2 aromatic rings. The number of nitrogens with zero attached hydrogens (tertiary/aromatic N) is 2. The van der Waals surface area contributed by atoms with Crippen molar-refractivity contribution in [2.45, 2.75) is 0 Å². The molecule has 5 nitrogen and oxygen atoms in total. The van der Waals surface area contributed by atoms with E-state index >= 15 is 0 Å². The predicted octanol–water partition coefficient (Wildman–Crippen LogP) is 2.58. The van der Waals surface area contributed by atoms with Gasteiger partial charge in [-0.3, -0.25) is 4.79 Å². The second-order valence-electron chi connectivity index (χ2n) is 5.93. The van der Waals surface area contributed by atoms with Crippen LogP contribution >= 0.6 is 0 Å². The highest BCUT2D eigenvalue weighted by molar-refractivity contribution is 7.92. The van der Waals surface area contributed by atoms with Crippen LogP contribution in [0.2, 0.25) is 0 Å². The molecule has 1 amide bonds. The smallest absolute Gasteiger partial charge is 0.256 e. The Bertz CT molecular complexity index is 905. The molecule has 0 radical (unpaired) electrons. The molecule has 7 heteroatoms. The highest BCUT2D eigenvalue weighted by Gasteiger charge is 2.28. The predicted molar refractivity (Wildman–Crippen MR) is 98.3 cm³/mol. The molecular formula is C19H19FN2O3S. The fourth-order valence-electron chi connectivity index (χ4n) is 2.77. The molecule has 3 rings (SSSR count). The molecular weight excluding hydrogens is 355 g/mol. The molecule has 1 saturated heterocycles. The second kappa shape index (κ2) is 7.80. The summed E-state index contributed by atoms with van der Waals surface area (Å²) in [5, 5.41) is 1.18. The Kier molecular flexibility index (Phi) is 5.49. The van der Waals surface area contributed by atoms with Crippen molar-refractivity contribution in [3.05, 3.63) is 76.9 Å². The van der Waals surface area contributed by atoms with E-state index in [9.17, 15) is 17.6 Å². The Labute approximate surface area is 152 Å². The lowest BCUT2D eigenvalue weighted by Gasteiger charge is -2.33. The quantitative estimate of drug-likeness (QED) is 0.827. The van der Waals surface area contributed by atoms with Crippen molar-refractivity contribution in [3.63, 3.8) is 0 Å². The molecule has 0 unspecified atom stereocenters. The summed E-state index contributed by atoms with van der Waals surface area (Å²) in [4.78, 5) is 13.9. The van der Waals surface area contributed by atoms with E-state index < -0.39 is 21.7 Å². The minimum atomic E-state index is -3.56. The Morgan fingerprint density at radius 1 is 0.923 bits per heavy atom. The number of benzene rings is 2. The number of carbonyl (C=O) groups is 1. The third-order valence-corrected chi connectivity index (χ3v) is 5.79. The highest BCUT2D eigenvalue weighted by atomic mass is 32.2. The van der Waals surface area contributed by atoms with Gasteiger partial charge in [-0.15, -0.1) is 0 Å². The summed E-state index contributed by atoms with van der Waals surface area (Å²) in [7, 11) is -3.56. The Hall–Kier alpha value is -2.51. The maximum Gasteiger partial charge on any atom is 0.256 e. The van der Waals surface area contributed by atoms with Crippen LogP contribution in [0, 0.1) is 5.82 Å². The highest BCUT2D eigenvalue weighted by Crippen LogP contribution is 2.15. The average molecular weight is 374 g/mol. The molecule has 0 saturated carbocycles. The number of hydrogen-bond acceptors (Lipinski definition) is 3. The van der Waals surface area contributed by atoms with Gasteiger partial charge < -0.3 is 4.90 Å². The normalized spacial score (nSPS) is 16.1. The van der Waals surface area contributed by atoms with Crippen LogP contribution in [-0.2, 0) is 10.0 Å². The van der Waals surface area contributed by atoms with Gasteiger partial charge in [-0.2, -0.15) is 4.31 Å². The summed E-state index contributed by atoms with van der Waals surface area (Å²) in [6, 6.07) is 15.0. The van der Waals surface area contributed by atoms with Gasteiger partial charge in [0, 0.05) is 31.6 Å². The number of halogens is 1. The van der Waals surface area contributed by atoms with Crippen LogP contribution in [0.3, 0.4) is 0 Å². The molecule has 0 aromatic heterocycles. The van der Waals surface area contributed by atoms with Crippen LogP contribution in [0.1, 0.15) is 15.9 Å². The van der Waals surface area contributed by atoms with Crippen molar-refractivity contribution < 1.29 is 17.6 Å². The van der Waals surface area contributed by atoms with Gasteiger partial charge >= 0.3 is 0 Å². The van der Waals surface area contributed by atoms with E-state index in [1.807, 2.05) is 30.3 Å². The van der Waals surface area contributed by atoms with Gasteiger partial charge in [0.15, 0.2) is 0 Å². The molecule has 136 valence electrons. The van der Waals surface area contributed by atoms with Crippen molar-refractivity contribution in [1.29, 1.82) is 0 Å². The van der Waals surface area contributed by atoms with Crippen LogP contribution in [0.25, 0.3) is 6.08 Å². The van der Waals surface area contributed by atoms with E-state index in [0.717, 1.165) is 5.56 Å². The average Bonchev–Trinajstić information content (AvgIpc) is 2.67. The van der Waals surface area contributed by atoms with Gasteiger partial charge in [-0.25, -0.2) is 12.8 Å². The summed E-state index contributed by atoms with van der Waals surface area (Å²) < 4.78 is 40.0. The first-order chi connectivity index (χ1) is 12.5. The van der Waals surface area contributed by atoms with E-state index in [2.05, 4.69) is 0 Å². The molecule has 0 spiro atoms. The van der Waals surface area contributed by atoms with Crippen LogP contribution in [0.15, 0.2) is 60.0 Å². The maximum absolute atomic E-state index is 13.8. The van der Waals surface area contributed by atoms with Gasteiger partial charge in [0.25, 0.3) is 5.91 Å². The second-order valence-corrected chi connectivity index (χ2v) is 7.75. The molecule has 1 fully saturated rings. The van der Waals surface area contributed by atoms with Gasteiger partial charge in [-0.05, 0) is 23.8 Å². The van der Waals surface area contributed by atoms with E-state index in [1.165, 1.54) is 32.8 Å². The molecule has 2 aromatic carbocycles. The third kappa shape index (κ3) is 4.17. The van der Waals surface area contributed by atoms with Crippen LogP contribution < -0.4 is 0 Å². The lowest BCUT2D eigenvalue weighted by molar-refractivity contribution is 0.0694. The molecule has 0 N–H and O–H groups in total. The first kappa shape index (κ1) is 18.3. The first-order valence-electron chi connectivity index (χ1n) is 8.24. The minimum absolute atomic E-state index is 0.00720. The number of piperazine rings is 1. The number of sulfonamides is 1. The van der Waals surface area contributed by atoms with Crippen molar-refractivity contribution in [1.82, 2.24) is 9.21 Å². The molecule has 0 aliphatic carbocycles. The zero-order valence-electron chi connectivity index (χ0n) is 14.1. The van der Waals surface area contributed by atoms with E-state index in [-0.39, 0.29) is 31.7 Å². The van der Waals surface area contributed by atoms with E-state index in [1.54, 1.807) is 12.1 Å². The number of amides is 1. The van der Waals surface area contributed by atoms with Crippen molar-refractivity contribution >= 4 is 22.0 Å². The summed E-state index contributed by atoms with van der Waals surface area (Å²) in [5.74, 6) is -0.988. The maximum atomic E-state index is 13.8. The van der Waals surface area contributed by atoms with Crippen molar-refractivity contribution in [3.8, 4) is 0 Å². The number of carbonyl (C=O) groups excluding carboxylic acids is 1. The van der Waals surface area contributed by atoms with Gasteiger partial charge in [-0.1, -0.05) is 42.5 Å². The topological polar surface area (TPSA) is 57.7 Å². The fraction of sp³-hybridized carbons (Fsp3) is 0.211. The SMILES string of the molecule is O=C(c1ccccc1F)N1CCN(S(=O)(=O)/C=C/c2ccccc2)CC1. The Morgan fingerprint density at radius 2 is 1.54 bits per heavy atom. The van der Waals surface area contributed by atoms with Crippen molar-refractivity contribution in [2.75, 3.05) is 26.2 Å². The summed E-state index contributed by atoms with van der Waals surface area (Å²) in [6.45, 7) is 0.820. The van der Waals surface area contributed by atoms with E-state index in [0.29, 0.717) is 0 Å². The molecule has 1 aliphatic heterocycles. The number of hydrogen-bond donors (Lipinski definition) is 0. The Balaban J connectivity index is 1.63. The zero-order valence-corrected chi connectivity index (χ0v) is 14.9. The third-order valence-electron chi connectivity index (χ3n) is 4.22. The monoisotopic (exact) mass is 374 g/mol. The van der Waals surface area contributed by atoms with E-state index in [4.69, 9.17) is 0 Å². The lowest BCUT2D eigenvalue weighted by Crippen LogP contribution is -2.50. The summed E-state index contributed by atoms with van der Waals surface area (Å²) in [6.07, 6.45) is 1.55. The molecule has 0 bridgehead atoms. The first-order valence-corrected chi connectivity index (χ1v) is 9.75. The Morgan fingerprint density at radius 3 is 2.19 bits per heavy atom. The number of rotatable bonds is 4. The lowest BCUT2D eigenvalue weighted by atomic mass is 10.1. The summed E-state index contributed by atoms with van der Waals surface area (Å²) >= 11 is 0. The minimum Gasteiger partial charge on any atom is -0.336 e. The van der Waals surface area contributed by atoms with Gasteiger partial charge in [0.2, 0.25) is 10.0 Å². The molecule has 1 aliphatic rings. The standard InChI is InChI=1S/C19H19FN2O3S/c20-18-9-5-4-8-17(18)19(23)21-11-13-22(14-12-21)26(24,25)15-10-16-6-2-1-3-7-16/h1-10,15H,11-14H2/b15-10+. The van der Waals surface area contributed by atoms with Crippen LogP contribution in [0.5, 0.6) is 0 Å². The van der Waals surface area contributed by atoms with Crippen LogP contribution in [0.4, 0.5) is 4.39 Å². The zero-order chi connectivity index (χ0) is 18.6. The molecule has 1 heterocycles. The van der Waals surface area contributed by atoms with Gasteiger partial charge in [0.1, 0.15) is 5.82 Å². The fourth-order valence-corrected chi connectivity index (χ4v) is 3.94. The van der Waals surface area contributed by atoms with Crippen LogP contribution in [-0.4, -0.2) is 49.7 Å². The molecule has 26 heavy (non-hydrogen) atoms.